The van der Waals surface area contributed by atoms with E-state index in [1.807, 2.05) is 0 Å². The summed E-state index contributed by atoms with van der Waals surface area (Å²) in [6.07, 6.45) is 0. The molecule has 1 fully saturated rings. The van der Waals surface area contributed by atoms with Crippen molar-refractivity contribution < 1.29 is 0 Å². The van der Waals surface area contributed by atoms with Crippen LogP contribution in [0.5, 0.6) is 0 Å². The maximum atomic E-state index is 2.72. The monoisotopic (exact) mass is 211 g/mol. The van der Waals surface area contributed by atoms with Gasteiger partial charge in [0.2, 0.25) is 0 Å². The van der Waals surface area contributed by atoms with Crippen LogP contribution in [0.2, 0.25) is 0 Å². The van der Waals surface area contributed by atoms with Gasteiger partial charge in [-0.1, -0.05) is 34.6 Å². The van der Waals surface area contributed by atoms with E-state index in [0.717, 1.165) is 29.7 Å². The smallest absolute Gasteiger partial charge is 0.0150 e. The van der Waals surface area contributed by atoms with E-state index in [1.165, 1.54) is 6.54 Å². The van der Waals surface area contributed by atoms with E-state index >= 15 is 0 Å². The molecule has 0 N–H and O–H groups in total. The maximum absolute atomic E-state index is 2.72. The first-order valence-corrected chi connectivity index (χ1v) is 6.62. The molecule has 90 valence electrons. The summed E-state index contributed by atoms with van der Waals surface area (Å²) in [5.41, 5.74) is 0. The Labute approximate surface area is 96.2 Å². The molecule has 1 aliphatic rings. The Morgan fingerprint density at radius 1 is 0.933 bits per heavy atom. The molecule has 0 spiro atoms. The van der Waals surface area contributed by atoms with Gasteiger partial charge < -0.3 is 0 Å². The Balaban J connectivity index is 2.82. The van der Waals surface area contributed by atoms with Crippen LogP contribution in [0.3, 0.4) is 0 Å². The minimum Gasteiger partial charge on any atom is -0.297 e. The highest BCUT2D eigenvalue weighted by molar-refractivity contribution is 4.94. The lowest BCUT2D eigenvalue weighted by Crippen LogP contribution is -2.40. The lowest BCUT2D eigenvalue weighted by molar-refractivity contribution is 0.145. The van der Waals surface area contributed by atoms with Crippen molar-refractivity contribution in [3.63, 3.8) is 0 Å². The fraction of sp³-hybridized carbons (Fsp3) is 1.00. The zero-order chi connectivity index (χ0) is 11.7. The van der Waals surface area contributed by atoms with Gasteiger partial charge in [-0.3, -0.25) is 4.90 Å². The van der Waals surface area contributed by atoms with Crippen LogP contribution in [0.1, 0.15) is 48.5 Å². The van der Waals surface area contributed by atoms with Gasteiger partial charge in [-0.2, -0.15) is 0 Å². The quantitative estimate of drug-likeness (QED) is 0.689. The maximum Gasteiger partial charge on any atom is 0.0150 e. The van der Waals surface area contributed by atoms with Gasteiger partial charge in [0, 0.05) is 18.6 Å². The lowest BCUT2D eigenvalue weighted by atomic mass is 9.81. The van der Waals surface area contributed by atoms with Gasteiger partial charge in [-0.05, 0) is 37.5 Å². The molecular formula is C14H29N. The standard InChI is InChI=1S/C14H29N/c1-9(2)13-8-15(11(5)6)14(10(3)4)12(13)7/h9-14H,8H2,1-7H3. The third-order valence-corrected chi connectivity index (χ3v) is 4.22. The first-order chi connectivity index (χ1) is 6.86. The topological polar surface area (TPSA) is 3.24 Å². The van der Waals surface area contributed by atoms with Gasteiger partial charge in [-0.15, -0.1) is 0 Å². The normalized spacial score (nSPS) is 33.6. The Morgan fingerprint density at radius 2 is 1.47 bits per heavy atom. The SMILES string of the molecule is CC(C)C1CN(C(C)C)C(C(C)C)C1C. The highest BCUT2D eigenvalue weighted by Crippen LogP contribution is 2.38. The van der Waals surface area contributed by atoms with Crippen LogP contribution >= 0.6 is 0 Å². The van der Waals surface area contributed by atoms with Crippen LogP contribution in [0.15, 0.2) is 0 Å². The van der Waals surface area contributed by atoms with Gasteiger partial charge in [0.15, 0.2) is 0 Å². The second-order valence-corrected chi connectivity index (χ2v) is 6.29. The predicted molar refractivity (Wildman–Crippen MR) is 68.0 cm³/mol. The van der Waals surface area contributed by atoms with E-state index in [-0.39, 0.29) is 0 Å². The van der Waals surface area contributed by atoms with Crippen LogP contribution in [0.4, 0.5) is 0 Å². The molecule has 0 radical (unpaired) electrons. The van der Waals surface area contributed by atoms with E-state index < -0.39 is 0 Å². The molecule has 3 atom stereocenters. The minimum atomic E-state index is 0.698. The van der Waals surface area contributed by atoms with Crippen molar-refractivity contribution in [2.45, 2.75) is 60.5 Å². The summed E-state index contributed by atoms with van der Waals surface area (Å²) in [4.78, 5) is 2.72. The lowest BCUT2D eigenvalue weighted by Gasteiger charge is -2.33. The molecule has 0 aliphatic carbocycles. The summed E-state index contributed by atoms with van der Waals surface area (Å²) < 4.78 is 0. The Morgan fingerprint density at radius 3 is 1.73 bits per heavy atom. The zero-order valence-electron chi connectivity index (χ0n) is 11.6. The molecule has 0 aromatic rings. The highest BCUT2D eigenvalue weighted by Gasteiger charge is 2.42. The molecule has 0 aromatic carbocycles. The van der Waals surface area contributed by atoms with Crippen LogP contribution in [-0.4, -0.2) is 23.5 Å². The van der Waals surface area contributed by atoms with Gasteiger partial charge in [0.1, 0.15) is 0 Å². The molecular weight excluding hydrogens is 182 g/mol. The van der Waals surface area contributed by atoms with Crippen LogP contribution in [-0.2, 0) is 0 Å². The molecule has 1 heteroatoms. The Bertz CT molecular complexity index is 196. The Hall–Kier alpha value is -0.0400. The summed E-state index contributed by atoms with van der Waals surface area (Å²) in [5.74, 6) is 3.35. The molecule has 0 bridgehead atoms. The number of hydrogen-bond acceptors (Lipinski definition) is 1. The summed E-state index contributed by atoms with van der Waals surface area (Å²) >= 11 is 0. The van der Waals surface area contributed by atoms with Gasteiger partial charge in [-0.25, -0.2) is 0 Å². The summed E-state index contributed by atoms with van der Waals surface area (Å²) in [6, 6.07) is 1.49. The fourth-order valence-corrected chi connectivity index (χ4v) is 3.45. The van der Waals surface area contributed by atoms with E-state index in [4.69, 9.17) is 0 Å². The van der Waals surface area contributed by atoms with Crippen molar-refractivity contribution in [3.05, 3.63) is 0 Å². The molecule has 1 nitrogen and oxygen atoms in total. The molecule has 1 saturated heterocycles. The van der Waals surface area contributed by atoms with Crippen LogP contribution in [0.25, 0.3) is 0 Å². The molecule has 15 heavy (non-hydrogen) atoms. The average Bonchev–Trinajstić information content (AvgIpc) is 2.42. The summed E-state index contributed by atoms with van der Waals surface area (Å²) in [5, 5.41) is 0. The largest absolute Gasteiger partial charge is 0.297 e. The minimum absolute atomic E-state index is 0.698. The van der Waals surface area contributed by atoms with Crippen molar-refractivity contribution in [1.82, 2.24) is 4.90 Å². The van der Waals surface area contributed by atoms with Crippen molar-refractivity contribution in [3.8, 4) is 0 Å². The van der Waals surface area contributed by atoms with Crippen molar-refractivity contribution >= 4 is 0 Å². The van der Waals surface area contributed by atoms with E-state index in [9.17, 15) is 0 Å². The van der Waals surface area contributed by atoms with E-state index in [2.05, 4.69) is 53.4 Å². The second-order valence-electron chi connectivity index (χ2n) is 6.29. The third-order valence-electron chi connectivity index (χ3n) is 4.22. The third kappa shape index (κ3) is 2.55. The first-order valence-electron chi connectivity index (χ1n) is 6.62. The molecule has 1 heterocycles. The molecule has 1 aliphatic heterocycles. The molecule has 0 saturated carbocycles. The first kappa shape index (κ1) is 13.0. The zero-order valence-corrected chi connectivity index (χ0v) is 11.6. The van der Waals surface area contributed by atoms with E-state index in [0.29, 0.717) is 6.04 Å². The van der Waals surface area contributed by atoms with E-state index in [1.54, 1.807) is 0 Å². The molecule has 1 rings (SSSR count). The van der Waals surface area contributed by atoms with Gasteiger partial charge in [0.25, 0.3) is 0 Å². The number of hydrogen-bond donors (Lipinski definition) is 0. The molecule has 3 unspecified atom stereocenters. The van der Waals surface area contributed by atoms with Crippen molar-refractivity contribution in [2.75, 3.05) is 6.54 Å². The summed E-state index contributed by atoms with van der Waals surface area (Å²) in [7, 11) is 0. The van der Waals surface area contributed by atoms with Crippen molar-refractivity contribution in [1.29, 1.82) is 0 Å². The van der Waals surface area contributed by atoms with Crippen molar-refractivity contribution in [2.24, 2.45) is 23.7 Å². The molecule has 0 aromatic heterocycles. The van der Waals surface area contributed by atoms with Gasteiger partial charge >= 0.3 is 0 Å². The van der Waals surface area contributed by atoms with Crippen LogP contribution in [0, 0.1) is 23.7 Å². The highest BCUT2D eigenvalue weighted by atomic mass is 15.2. The summed E-state index contributed by atoms with van der Waals surface area (Å²) in [6.45, 7) is 17.9. The number of nitrogens with zero attached hydrogens (tertiary/aromatic N) is 1. The number of rotatable bonds is 3. The molecule has 0 amide bonds. The Kier molecular flexibility index (Phi) is 4.22. The second kappa shape index (κ2) is 4.86. The number of likely N-dealkylation sites (tertiary alicyclic amines) is 1. The average molecular weight is 211 g/mol. The van der Waals surface area contributed by atoms with Gasteiger partial charge in [0.05, 0.1) is 0 Å². The van der Waals surface area contributed by atoms with Crippen LogP contribution < -0.4 is 0 Å². The predicted octanol–water partition coefficient (Wildman–Crippen LogP) is 3.64. The fourth-order valence-electron chi connectivity index (χ4n) is 3.45.